The molecule has 0 fully saturated rings. The normalized spacial score (nSPS) is 10.6. The molecule has 0 atom stereocenters. The lowest BCUT2D eigenvalue weighted by Crippen LogP contribution is -2.31. The minimum absolute atomic E-state index is 0.0786. The predicted octanol–water partition coefficient (Wildman–Crippen LogP) is 4.62. The van der Waals surface area contributed by atoms with Crippen LogP contribution < -0.4 is 10.6 Å². The van der Waals surface area contributed by atoms with Crippen LogP contribution in [0.3, 0.4) is 0 Å². The number of nitrogens with two attached hydrogens (primary N) is 1. The highest BCUT2D eigenvalue weighted by atomic mass is 19.1. The summed E-state index contributed by atoms with van der Waals surface area (Å²) in [6, 6.07) is 19.5. The zero-order valence-electron chi connectivity index (χ0n) is 17.0. The second-order valence-electron chi connectivity index (χ2n) is 7.44. The first-order chi connectivity index (χ1) is 13.8. The van der Waals surface area contributed by atoms with Crippen LogP contribution in [0.5, 0.6) is 0 Å². The summed E-state index contributed by atoms with van der Waals surface area (Å²) in [5.41, 5.74) is 11.1. The summed E-state index contributed by atoms with van der Waals surface area (Å²) in [5.74, 6) is -0.374. The number of nitrogen functional groups attached to an aromatic ring is 1. The number of aryl methyl sites for hydroxylation is 1. The SMILES string of the molecule is Cc1cccc(C(=O)N(Cc2ccc(F)cc2)Cc2cc(N)ccc2N(C)C)c1. The summed E-state index contributed by atoms with van der Waals surface area (Å²) in [5, 5.41) is 0. The van der Waals surface area contributed by atoms with Gasteiger partial charge in [0.25, 0.3) is 5.91 Å². The largest absolute Gasteiger partial charge is 0.399 e. The molecule has 150 valence electrons. The Hall–Kier alpha value is -3.34. The number of hydrogen-bond acceptors (Lipinski definition) is 3. The molecule has 29 heavy (non-hydrogen) atoms. The van der Waals surface area contributed by atoms with Gasteiger partial charge in [-0.3, -0.25) is 4.79 Å². The molecule has 4 nitrogen and oxygen atoms in total. The molecule has 0 aliphatic carbocycles. The molecule has 0 radical (unpaired) electrons. The van der Waals surface area contributed by atoms with Crippen LogP contribution in [0.25, 0.3) is 0 Å². The number of halogens is 1. The van der Waals surface area contributed by atoms with E-state index in [9.17, 15) is 9.18 Å². The van der Waals surface area contributed by atoms with Crippen LogP contribution in [0.15, 0.2) is 66.7 Å². The molecular formula is C24H26FN3O. The maximum Gasteiger partial charge on any atom is 0.254 e. The van der Waals surface area contributed by atoms with Crippen LogP contribution in [-0.2, 0) is 13.1 Å². The van der Waals surface area contributed by atoms with E-state index in [1.54, 1.807) is 17.0 Å². The molecule has 2 N–H and O–H groups in total. The number of nitrogens with zero attached hydrogens (tertiary/aromatic N) is 2. The molecule has 0 aliphatic heterocycles. The van der Waals surface area contributed by atoms with Crippen molar-refractivity contribution in [1.29, 1.82) is 0 Å². The van der Waals surface area contributed by atoms with E-state index in [1.165, 1.54) is 12.1 Å². The van der Waals surface area contributed by atoms with Crippen molar-refractivity contribution in [3.63, 3.8) is 0 Å². The number of benzene rings is 3. The number of anilines is 2. The van der Waals surface area contributed by atoms with Crippen molar-refractivity contribution in [2.75, 3.05) is 24.7 Å². The molecule has 0 bridgehead atoms. The van der Waals surface area contributed by atoms with Crippen molar-refractivity contribution >= 4 is 17.3 Å². The molecule has 0 saturated carbocycles. The average Bonchev–Trinajstić information content (AvgIpc) is 2.68. The van der Waals surface area contributed by atoms with E-state index in [4.69, 9.17) is 5.73 Å². The maximum atomic E-state index is 13.3. The highest BCUT2D eigenvalue weighted by molar-refractivity contribution is 5.94. The van der Waals surface area contributed by atoms with E-state index < -0.39 is 0 Å². The number of carbonyl (C=O) groups excluding carboxylic acids is 1. The van der Waals surface area contributed by atoms with Gasteiger partial charge >= 0.3 is 0 Å². The minimum Gasteiger partial charge on any atom is -0.399 e. The third-order valence-electron chi connectivity index (χ3n) is 4.79. The van der Waals surface area contributed by atoms with Gasteiger partial charge in [-0.05, 0) is 60.5 Å². The Kier molecular flexibility index (Phi) is 6.17. The lowest BCUT2D eigenvalue weighted by Gasteiger charge is -2.26. The molecular weight excluding hydrogens is 365 g/mol. The molecule has 3 aromatic rings. The van der Waals surface area contributed by atoms with Gasteiger partial charge in [-0.1, -0.05) is 29.8 Å². The van der Waals surface area contributed by atoms with E-state index in [0.717, 1.165) is 22.4 Å². The molecule has 5 heteroatoms. The van der Waals surface area contributed by atoms with E-state index in [1.807, 2.05) is 68.4 Å². The fraction of sp³-hybridized carbons (Fsp3) is 0.208. The molecule has 0 spiro atoms. The van der Waals surface area contributed by atoms with Gasteiger partial charge in [0, 0.05) is 44.1 Å². The molecule has 3 rings (SSSR count). The lowest BCUT2D eigenvalue weighted by molar-refractivity contribution is 0.0730. The molecule has 0 saturated heterocycles. The summed E-state index contributed by atoms with van der Waals surface area (Å²) in [6.07, 6.45) is 0. The Bertz CT molecular complexity index is 999. The van der Waals surface area contributed by atoms with Crippen molar-refractivity contribution in [3.8, 4) is 0 Å². The zero-order valence-corrected chi connectivity index (χ0v) is 17.0. The predicted molar refractivity (Wildman–Crippen MR) is 116 cm³/mol. The Balaban J connectivity index is 1.97. The van der Waals surface area contributed by atoms with E-state index in [0.29, 0.717) is 24.3 Å². The first-order valence-corrected chi connectivity index (χ1v) is 9.49. The summed E-state index contributed by atoms with van der Waals surface area (Å²) in [4.78, 5) is 17.1. The van der Waals surface area contributed by atoms with Crippen molar-refractivity contribution in [2.45, 2.75) is 20.0 Å². The van der Waals surface area contributed by atoms with Gasteiger partial charge in [0.15, 0.2) is 0 Å². The quantitative estimate of drug-likeness (QED) is 0.624. The van der Waals surface area contributed by atoms with Gasteiger partial charge in [0.1, 0.15) is 5.82 Å². The lowest BCUT2D eigenvalue weighted by atomic mass is 10.1. The molecule has 3 aromatic carbocycles. The Morgan fingerprint density at radius 1 is 0.966 bits per heavy atom. The van der Waals surface area contributed by atoms with E-state index in [2.05, 4.69) is 0 Å². The topological polar surface area (TPSA) is 49.6 Å². The highest BCUT2D eigenvalue weighted by Crippen LogP contribution is 2.25. The summed E-state index contributed by atoms with van der Waals surface area (Å²) in [6.45, 7) is 2.72. The third kappa shape index (κ3) is 5.13. The maximum absolute atomic E-state index is 13.3. The fourth-order valence-electron chi connectivity index (χ4n) is 3.34. The van der Waals surface area contributed by atoms with Gasteiger partial charge in [-0.25, -0.2) is 4.39 Å². The molecule has 0 aromatic heterocycles. The van der Waals surface area contributed by atoms with Gasteiger partial charge in [0.05, 0.1) is 0 Å². The van der Waals surface area contributed by atoms with Gasteiger partial charge in [-0.15, -0.1) is 0 Å². The Labute approximate surface area is 171 Å². The monoisotopic (exact) mass is 391 g/mol. The fourth-order valence-corrected chi connectivity index (χ4v) is 3.34. The van der Waals surface area contributed by atoms with Crippen molar-refractivity contribution in [3.05, 3.63) is 94.8 Å². The van der Waals surface area contributed by atoms with Crippen LogP contribution in [0.4, 0.5) is 15.8 Å². The smallest absolute Gasteiger partial charge is 0.254 e. The van der Waals surface area contributed by atoms with E-state index >= 15 is 0 Å². The standard InChI is InChI=1S/C24H26FN3O/c1-17-5-4-6-19(13-17)24(29)28(15-18-7-9-21(25)10-8-18)16-20-14-22(26)11-12-23(20)27(2)3/h4-14H,15-16,26H2,1-3H3. The first kappa shape index (κ1) is 20.4. The van der Waals surface area contributed by atoms with Crippen LogP contribution in [0.2, 0.25) is 0 Å². The Morgan fingerprint density at radius 2 is 1.69 bits per heavy atom. The summed E-state index contributed by atoms with van der Waals surface area (Å²) >= 11 is 0. The molecule has 0 heterocycles. The highest BCUT2D eigenvalue weighted by Gasteiger charge is 2.19. The second-order valence-corrected chi connectivity index (χ2v) is 7.44. The number of hydrogen-bond donors (Lipinski definition) is 1. The molecule has 0 aliphatic rings. The van der Waals surface area contributed by atoms with Crippen LogP contribution >= 0.6 is 0 Å². The first-order valence-electron chi connectivity index (χ1n) is 9.49. The van der Waals surface area contributed by atoms with Gasteiger partial charge < -0.3 is 15.5 Å². The van der Waals surface area contributed by atoms with Gasteiger partial charge in [-0.2, -0.15) is 0 Å². The van der Waals surface area contributed by atoms with Crippen molar-refractivity contribution in [2.24, 2.45) is 0 Å². The number of rotatable bonds is 6. The van der Waals surface area contributed by atoms with Crippen LogP contribution in [0.1, 0.15) is 27.0 Å². The van der Waals surface area contributed by atoms with Crippen LogP contribution in [0, 0.1) is 12.7 Å². The second kappa shape index (κ2) is 8.78. The molecule has 1 amide bonds. The third-order valence-corrected chi connectivity index (χ3v) is 4.79. The Morgan fingerprint density at radius 3 is 2.34 bits per heavy atom. The summed E-state index contributed by atoms with van der Waals surface area (Å²) < 4.78 is 13.3. The van der Waals surface area contributed by atoms with Gasteiger partial charge in [0.2, 0.25) is 0 Å². The van der Waals surface area contributed by atoms with Crippen molar-refractivity contribution in [1.82, 2.24) is 4.90 Å². The van der Waals surface area contributed by atoms with Crippen LogP contribution in [-0.4, -0.2) is 24.9 Å². The van der Waals surface area contributed by atoms with Crippen molar-refractivity contribution < 1.29 is 9.18 Å². The molecule has 0 unspecified atom stereocenters. The zero-order chi connectivity index (χ0) is 21.0. The summed E-state index contributed by atoms with van der Waals surface area (Å²) in [7, 11) is 3.92. The number of carbonyl (C=O) groups is 1. The number of amides is 1. The average molecular weight is 391 g/mol. The van der Waals surface area contributed by atoms with E-state index in [-0.39, 0.29) is 11.7 Å². The minimum atomic E-state index is -0.295.